The number of esters is 1. The smallest absolute Gasteiger partial charge is 0.387 e. The molecule has 242 valence electrons. The number of carbonyl (C=O) groups is 3. The molecule has 2 aliphatic heterocycles. The highest BCUT2D eigenvalue weighted by Gasteiger charge is 2.50. The van der Waals surface area contributed by atoms with Gasteiger partial charge in [-0.25, -0.2) is 0 Å². The lowest BCUT2D eigenvalue weighted by atomic mass is 9.75. The third-order valence-electron chi connectivity index (χ3n) is 8.18. The SMILES string of the molecule is CC(C)c1ccnn1C1(C(=O)Nc2ccc(Cl)cc2OC(F)F)CCN(C(=O)C2(CC(=O)OC(C)(C)C)CCOCC2)CC1. The predicted octanol–water partition coefficient (Wildman–Crippen LogP) is 5.75. The van der Waals surface area contributed by atoms with Crippen molar-refractivity contribution in [2.24, 2.45) is 5.41 Å². The van der Waals surface area contributed by atoms with Crippen LogP contribution in [0.5, 0.6) is 5.75 Å². The highest BCUT2D eigenvalue weighted by atomic mass is 35.5. The van der Waals surface area contributed by atoms with Crippen LogP contribution in [0.25, 0.3) is 0 Å². The van der Waals surface area contributed by atoms with Gasteiger partial charge in [0.1, 0.15) is 11.1 Å². The largest absolute Gasteiger partial charge is 0.460 e. The summed E-state index contributed by atoms with van der Waals surface area (Å²) in [6.07, 6.45) is 2.72. The molecule has 10 nitrogen and oxygen atoms in total. The van der Waals surface area contributed by atoms with Crippen molar-refractivity contribution in [1.29, 1.82) is 0 Å². The minimum atomic E-state index is -3.12. The lowest BCUT2D eigenvalue weighted by Crippen LogP contribution is -2.57. The summed E-state index contributed by atoms with van der Waals surface area (Å²) in [7, 11) is 0. The summed E-state index contributed by atoms with van der Waals surface area (Å²) in [5.74, 6) is -1.34. The van der Waals surface area contributed by atoms with Gasteiger partial charge in [-0.1, -0.05) is 25.4 Å². The molecule has 0 atom stereocenters. The van der Waals surface area contributed by atoms with E-state index in [1.54, 1.807) is 36.5 Å². The molecule has 44 heavy (non-hydrogen) atoms. The molecule has 13 heteroatoms. The Kier molecular flexibility index (Phi) is 10.2. The molecule has 2 aromatic rings. The summed E-state index contributed by atoms with van der Waals surface area (Å²) in [5.41, 5.74) is -2.05. The van der Waals surface area contributed by atoms with Gasteiger partial charge in [0.15, 0.2) is 5.75 Å². The average Bonchev–Trinajstić information content (AvgIpc) is 3.44. The molecule has 0 unspecified atom stereocenters. The molecule has 1 aromatic heterocycles. The quantitative estimate of drug-likeness (QED) is 0.348. The van der Waals surface area contributed by atoms with Crippen molar-refractivity contribution in [3.63, 3.8) is 0 Å². The Labute approximate surface area is 261 Å². The molecular weight excluding hydrogens is 598 g/mol. The van der Waals surface area contributed by atoms with Gasteiger partial charge in [-0.2, -0.15) is 13.9 Å². The van der Waals surface area contributed by atoms with Crippen LogP contribution in [-0.2, 0) is 29.4 Å². The molecular formula is C31H41ClF2N4O6. The van der Waals surface area contributed by atoms with Crippen LogP contribution in [0.15, 0.2) is 30.5 Å². The van der Waals surface area contributed by atoms with Crippen molar-refractivity contribution in [1.82, 2.24) is 14.7 Å². The Hall–Kier alpha value is -3.25. The number of piperidine rings is 1. The van der Waals surface area contributed by atoms with E-state index < -0.39 is 35.0 Å². The molecule has 3 heterocycles. The van der Waals surface area contributed by atoms with E-state index in [1.165, 1.54) is 18.2 Å². The van der Waals surface area contributed by atoms with E-state index >= 15 is 0 Å². The summed E-state index contributed by atoms with van der Waals surface area (Å²) in [6, 6.07) is 5.92. The molecule has 0 spiro atoms. The van der Waals surface area contributed by atoms with E-state index in [0.717, 1.165) is 5.69 Å². The van der Waals surface area contributed by atoms with Gasteiger partial charge in [0, 0.05) is 49.3 Å². The molecule has 0 aliphatic carbocycles. The Morgan fingerprint density at radius 2 is 1.75 bits per heavy atom. The van der Waals surface area contributed by atoms with Crippen LogP contribution in [0.3, 0.4) is 0 Å². The van der Waals surface area contributed by atoms with E-state index in [9.17, 15) is 23.2 Å². The topological polar surface area (TPSA) is 112 Å². The van der Waals surface area contributed by atoms with Crippen LogP contribution >= 0.6 is 11.6 Å². The number of carbonyl (C=O) groups excluding carboxylic acids is 3. The lowest BCUT2D eigenvalue weighted by Gasteiger charge is -2.45. The number of amides is 2. The van der Waals surface area contributed by atoms with Crippen molar-refractivity contribution in [2.45, 2.75) is 90.4 Å². The number of nitrogens with zero attached hydrogens (tertiary/aromatic N) is 3. The van der Waals surface area contributed by atoms with E-state index in [4.69, 9.17) is 21.1 Å². The van der Waals surface area contributed by atoms with Gasteiger partial charge in [-0.05, 0) is 70.6 Å². The zero-order valence-electron chi connectivity index (χ0n) is 25.8. The molecule has 0 radical (unpaired) electrons. The molecule has 1 N–H and O–H groups in total. The van der Waals surface area contributed by atoms with Gasteiger partial charge < -0.3 is 24.4 Å². The number of hydrogen-bond acceptors (Lipinski definition) is 7. The average molecular weight is 639 g/mol. The van der Waals surface area contributed by atoms with E-state index in [1.807, 2.05) is 19.9 Å². The summed E-state index contributed by atoms with van der Waals surface area (Å²) < 4.78 is 43.7. The Bertz CT molecular complexity index is 1340. The molecule has 2 fully saturated rings. The standard InChI is InChI=1S/C31H41ClF2N4O6/c1-20(2)23-8-13-35-38(23)31(26(40)36-22-7-6-21(32)18-24(22)43-28(33)34)9-14-37(15-10-31)27(41)30(11-16-42-17-12-30)19-25(39)44-29(3,4)5/h6-8,13,18,20,28H,9-12,14-17,19H2,1-5H3,(H,36,40). The van der Waals surface area contributed by atoms with Gasteiger partial charge >= 0.3 is 12.6 Å². The first kappa shape index (κ1) is 33.6. The molecule has 2 amide bonds. The summed E-state index contributed by atoms with van der Waals surface area (Å²) in [5, 5.41) is 7.47. The van der Waals surface area contributed by atoms with Crippen LogP contribution in [0, 0.1) is 5.41 Å². The highest BCUT2D eigenvalue weighted by molar-refractivity contribution is 6.30. The summed E-state index contributed by atoms with van der Waals surface area (Å²) >= 11 is 6.01. The van der Waals surface area contributed by atoms with Crippen LogP contribution < -0.4 is 10.1 Å². The Morgan fingerprint density at radius 3 is 2.34 bits per heavy atom. The van der Waals surface area contributed by atoms with Gasteiger partial charge in [-0.15, -0.1) is 0 Å². The van der Waals surface area contributed by atoms with Gasteiger partial charge in [0.25, 0.3) is 5.91 Å². The maximum Gasteiger partial charge on any atom is 0.387 e. The van der Waals surface area contributed by atoms with Crippen LogP contribution in [-0.4, -0.2) is 71.0 Å². The minimum absolute atomic E-state index is 0.0226. The van der Waals surface area contributed by atoms with Gasteiger partial charge in [-0.3, -0.25) is 19.1 Å². The lowest BCUT2D eigenvalue weighted by molar-refractivity contribution is -0.167. The third kappa shape index (κ3) is 7.51. The molecule has 0 bridgehead atoms. The van der Waals surface area contributed by atoms with Crippen LogP contribution in [0.4, 0.5) is 14.5 Å². The minimum Gasteiger partial charge on any atom is -0.460 e. The second kappa shape index (κ2) is 13.4. The van der Waals surface area contributed by atoms with Gasteiger partial charge in [0.2, 0.25) is 5.91 Å². The summed E-state index contributed by atoms with van der Waals surface area (Å²) in [4.78, 5) is 42.9. The van der Waals surface area contributed by atoms with E-state index in [0.29, 0.717) is 26.1 Å². The van der Waals surface area contributed by atoms with Crippen LogP contribution in [0.2, 0.25) is 5.02 Å². The summed E-state index contributed by atoms with van der Waals surface area (Å²) in [6.45, 7) is 7.32. The highest BCUT2D eigenvalue weighted by Crippen LogP contribution is 2.41. The number of alkyl halides is 2. The number of hydrogen-bond donors (Lipinski definition) is 1. The monoisotopic (exact) mass is 638 g/mol. The first-order valence-corrected chi connectivity index (χ1v) is 15.2. The second-order valence-corrected chi connectivity index (χ2v) is 13.2. The number of halogens is 3. The van der Waals surface area contributed by atoms with Crippen molar-refractivity contribution in [3.05, 3.63) is 41.2 Å². The maximum atomic E-state index is 14.2. The molecule has 1 aromatic carbocycles. The zero-order chi connectivity index (χ0) is 32.3. The fraction of sp³-hybridized carbons (Fsp3) is 0.613. The van der Waals surface area contributed by atoms with Gasteiger partial charge in [0.05, 0.1) is 17.5 Å². The predicted molar refractivity (Wildman–Crippen MR) is 160 cm³/mol. The molecule has 4 rings (SSSR count). The fourth-order valence-electron chi connectivity index (χ4n) is 5.97. The van der Waals surface area contributed by atoms with E-state index in [-0.39, 0.29) is 60.6 Å². The number of nitrogens with one attached hydrogen (secondary N) is 1. The van der Waals surface area contributed by atoms with Crippen molar-refractivity contribution < 1.29 is 37.4 Å². The Balaban J connectivity index is 1.62. The number of anilines is 1. The number of aromatic nitrogens is 2. The maximum absolute atomic E-state index is 14.2. The van der Waals surface area contributed by atoms with Crippen molar-refractivity contribution in [2.75, 3.05) is 31.6 Å². The Morgan fingerprint density at radius 1 is 1.09 bits per heavy atom. The normalized spacial score (nSPS) is 18.3. The molecule has 2 aliphatic rings. The van der Waals surface area contributed by atoms with Crippen LogP contribution in [0.1, 0.15) is 78.3 Å². The third-order valence-corrected chi connectivity index (χ3v) is 8.42. The van der Waals surface area contributed by atoms with Crippen molar-refractivity contribution >= 4 is 35.1 Å². The zero-order valence-corrected chi connectivity index (χ0v) is 26.6. The fourth-order valence-corrected chi connectivity index (χ4v) is 6.13. The number of ether oxygens (including phenoxy) is 3. The molecule has 2 saturated heterocycles. The number of benzene rings is 1. The number of likely N-dealkylation sites (tertiary alicyclic amines) is 1. The van der Waals surface area contributed by atoms with E-state index in [2.05, 4.69) is 15.2 Å². The first-order valence-electron chi connectivity index (χ1n) is 14.8. The second-order valence-electron chi connectivity index (χ2n) is 12.8. The van der Waals surface area contributed by atoms with Crippen molar-refractivity contribution in [3.8, 4) is 5.75 Å². The number of rotatable bonds is 9. The molecule has 0 saturated carbocycles. The first-order chi connectivity index (χ1) is 20.7.